The lowest BCUT2D eigenvalue weighted by atomic mass is 10.0. The molecular weight excluding hydrogens is 361 g/mol. The molecule has 1 aromatic carbocycles. The van der Waals surface area contributed by atoms with Gasteiger partial charge in [-0.05, 0) is 38.0 Å². The number of amides is 1. The van der Waals surface area contributed by atoms with E-state index in [1.807, 2.05) is 0 Å². The summed E-state index contributed by atoms with van der Waals surface area (Å²) >= 11 is 12.5. The topological polar surface area (TPSA) is 46.6 Å². The van der Waals surface area contributed by atoms with Crippen LogP contribution in [-0.4, -0.2) is 29.9 Å². The van der Waals surface area contributed by atoms with Gasteiger partial charge in [-0.25, -0.2) is 4.79 Å². The molecule has 1 aromatic rings. The van der Waals surface area contributed by atoms with Crippen LogP contribution >= 0.6 is 23.2 Å². The molecule has 2 aliphatic rings. The lowest BCUT2D eigenvalue weighted by Crippen LogP contribution is -2.34. The fourth-order valence-electron chi connectivity index (χ4n) is 3.59. The Labute approximate surface area is 157 Å². The number of carbonyl (C=O) groups excluding carboxylic acids is 2. The molecule has 0 N–H and O–H groups in total. The molecule has 0 aromatic heterocycles. The van der Waals surface area contributed by atoms with E-state index in [0.29, 0.717) is 21.3 Å². The first kappa shape index (κ1) is 18.0. The molecule has 3 rings (SSSR count). The SMILES string of the molecule is COC(=O)C1=C(C)N(C2CCCC2)C(=O)C1=Cc1c(Cl)cccc1Cl. The first-order valence-corrected chi connectivity index (χ1v) is 9.00. The van der Waals surface area contributed by atoms with Gasteiger partial charge >= 0.3 is 5.97 Å². The molecule has 0 saturated heterocycles. The maximum absolute atomic E-state index is 13.1. The van der Waals surface area contributed by atoms with Gasteiger partial charge in [-0.3, -0.25) is 4.79 Å². The van der Waals surface area contributed by atoms with E-state index in [4.69, 9.17) is 27.9 Å². The molecule has 0 atom stereocenters. The van der Waals surface area contributed by atoms with Crippen LogP contribution in [0.4, 0.5) is 0 Å². The highest BCUT2D eigenvalue weighted by Gasteiger charge is 2.41. The van der Waals surface area contributed by atoms with E-state index in [1.54, 1.807) is 36.1 Å². The van der Waals surface area contributed by atoms with Crippen LogP contribution in [0.25, 0.3) is 6.08 Å². The fourth-order valence-corrected chi connectivity index (χ4v) is 4.10. The molecule has 1 saturated carbocycles. The normalized spacial score (nSPS) is 20.1. The maximum Gasteiger partial charge on any atom is 0.340 e. The maximum atomic E-state index is 13.1. The van der Waals surface area contributed by atoms with E-state index in [9.17, 15) is 9.59 Å². The Bertz CT molecular complexity index is 772. The molecule has 1 fully saturated rings. The number of allylic oxidation sites excluding steroid dienone is 1. The zero-order chi connectivity index (χ0) is 18.1. The minimum Gasteiger partial charge on any atom is -0.465 e. The Hall–Kier alpha value is -1.78. The highest BCUT2D eigenvalue weighted by Crippen LogP contribution is 2.38. The Kier molecular flexibility index (Phi) is 5.21. The second-order valence-corrected chi connectivity index (χ2v) is 7.07. The van der Waals surface area contributed by atoms with Crippen LogP contribution < -0.4 is 0 Å². The average molecular weight is 380 g/mol. The van der Waals surface area contributed by atoms with E-state index in [-0.39, 0.29) is 23.1 Å². The van der Waals surface area contributed by atoms with Crippen molar-refractivity contribution in [3.8, 4) is 0 Å². The van der Waals surface area contributed by atoms with E-state index < -0.39 is 5.97 Å². The summed E-state index contributed by atoms with van der Waals surface area (Å²) in [4.78, 5) is 27.1. The quantitative estimate of drug-likeness (QED) is 0.568. The summed E-state index contributed by atoms with van der Waals surface area (Å²) < 4.78 is 4.91. The summed E-state index contributed by atoms with van der Waals surface area (Å²) in [5.41, 5.74) is 1.73. The number of carbonyl (C=O) groups is 2. The Morgan fingerprint density at radius 3 is 2.40 bits per heavy atom. The molecule has 0 spiro atoms. The number of hydrogen-bond acceptors (Lipinski definition) is 3. The summed E-state index contributed by atoms with van der Waals surface area (Å²) in [6, 6.07) is 5.25. The third kappa shape index (κ3) is 3.21. The van der Waals surface area contributed by atoms with Crippen LogP contribution in [0.15, 0.2) is 35.0 Å². The second-order valence-electron chi connectivity index (χ2n) is 6.26. The number of nitrogens with zero attached hydrogens (tertiary/aromatic N) is 1. The lowest BCUT2D eigenvalue weighted by Gasteiger charge is -2.25. The monoisotopic (exact) mass is 379 g/mol. The Morgan fingerprint density at radius 1 is 1.24 bits per heavy atom. The zero-order valence-electron chi connectivity index (χ0n) is 14.1. The van der Waals surface area contributed by atoms with E-state index in [1.165, 1.54) is 7.11 Å². The van der Waals surface area contributed by atoms with Crippen LogP contribution in [0.1, 0.15) is 38.2 Å². The smallest absolute Gasteiger partial charge is 0.340 e. The molecule has 1 aliphatic heterocycles. The third-order valence-corrected chi connectivity index (χ3v) is 5.47. The predicted octanol–water partition coefficient (Wildman–Crippen LogP) is 4.61. The van der Waals surface area contributed by atoms with Gasteiger partial charge < -0.3 is 9.64 Å². The first-order valence-electron chi connectivity index (χ1n) is 8.24. The van der Waals surface area contributed by atoms with Gasteiger partial charge in [0.15, 0.2) is 0 Å². The van der Waals surface area contributed by atoms with Gasteiger partial charge in [0.2, 0.25) is 0 Å². The minimum absolute atomic E-state index is 0.125. The molecule has 4 nitrogen and oxygen atoms in total. The minimum atomic E-state index is -0.527. The van der Waals surface area contributed by atoms with Crippen molar-refractivity contribution in [2.24, 2.45) is 0 Å². The fraction of sp³-hybridized carbons (Fsp3) is 0.368. The van der Waals surface area contributed by atoms with Crippen molar-refractivity contribution >= 4 is 41.2 Å². The van der Waals surface area contributed by atoms with Crippen molar-refractivity contribution in [2.75, 3.05) is 7.11 Å². The van der Waals surface area contributed by atoms with Crippen LogP contribution in [0.3, 0.4) is 0 Å². The van der Waals surface area contributed by atoms with Crippen LogP contribution in [0.5, 0.6) is 0 Å². The van der Waals surface area contributed by atoms with Crippen molar-refractivity contribution in [2.45, 2.75) is 38.6 Å². The molecule has 0 unspecified atom stereocenters. The van der Waals surface area contributed by atoms with Crippen LogP contribution in [0.2, 0.25) is 10.0 Å². The van der Waals surface area contributed by atoms with E-state index in [2.05, 4.69) is 0 Å². The summed E-state index contributed by atoms with van der Waals surface area (Å²) in [5.74, 6) is -0.721. The number of esters is 1. The summed E-state index contributed by atoms with van der Waals surface area (Å²) in [6.07, 6.45) is 5.66. The van der Waals surface area contributed by atoms with Crippen LogP contribution in [0, 0.1) is 0 Å². The van der Waals surface area contributed by atoms with Crippen LogP contribution in [-0.2, 0) is 14.3 Å². The molecule has 25 heavy (non-hydrogen) atoms. The van der Waals surface area contributed by atoms with E-state index in [0.717, 1.165) is 25.7 Å². The van der Waals surface area contributed by atoms with Gasteiger partial charge in [0.1, 0.15) is 0 Å². The number of halogens is 2. The first-order chi connectivity index (χ1) is 12.0. The summed E-state index contributed by atoms with van der Waals surface area (Å²) in [5, 5.41) is 0.850. The largest absolute Gasteiger partial charge is 0.465 e. The number of benzene rings is 1. The van der Waals surface area contributed by atoms with Gasteiger partial charge in [0, 0.05) is 27.3 Å². The summed E-state index contributed by atoms with van der Waals surface area (Å²) in [6.45, 7) is 1.79. The molecule has 1 heterocycles. The number of ether oxygens (including phenoxy) is 1. The molecule has 6 heteroatoms. The number of rotatable bonds is 3. The van der Waals surface area contributed by atoms with Gasteiger partial charge in [-0.1, -0.05) is 42.1 Å². The Morgan fingerprint density at radius 2 is 1.84 bits per heavy atom. The zero-order valence-corrected chi connectivity index (χ0v) is 15.7. The van der Waals surface area contributed by atoms with Gasteiger partial charge in [-0.2, -0.15) is 0 Å². The van der Waals surface area contributed by atoms with Crippen molar-refractivity contribution in [1.29, 1.82) is 0 Å². The number of methoxy groups -OCH3 is 1. The molecule has 0 bridgehead atoms. The molecule has 1 aliphatic carbocycles. The second kappa shape index (κ2) is 7.22. The highest BCUT2D eigenvalue weighted by molar-refractivity contribution is 6.37. The Balaban J connectivity index is 2.12. The van der Waals surface area contributed by atoms with Gasteiger partial charge in [0.25, 0.3) is 5.91 Å². The molecule has 1 amide bonds. The average Bonchev–Trinajstić information content (AvgIpc) is 3.17. The van der Waals surface area contributed by atoms with Crippen molar-refractivity contribution in [1.82, 2.24) is 4.90 Å². The molecular formula is C19H19Cl2NO3. The molecule has 0 radical (unpaired) electrons. The third-order valence-electron chi connectivity index (χ3n) is 4.81. The van der Waals surface area contributed by atoms with Gasteiger partial charge in [-0.15, -0.1) is 0 Å². The summed E-state index contributed by atoms with van der Waals surface area (Å²) in [7, 11) is 1.31. The number of hydrogen-bond donors (Lipinski definition) is 0. The molecule has 132 valence electrons. The highest BCUT2D eigenvalue weighted by atomic mass is 35.5. The lowest BCUT2D eigenvalue weighted by molar-refractivity contribution is -0.136. The van der Waals surface area contributed by atoms with Crippen molar-refractivity contribution in [3.05, 3.63) is 50.7 Å². The van der Waals surface area contributed by atoms with E-state index >= 15 is 0 Å². The standard InChI is InChI=1S/C19H19Cl2NO3/c1-11-17(19(24)25-2)14(10-13-15(20)8-5-9-16(13)21)18(23)22(11)12-6-3-4-7-12/h5,8-10,12H,3-4,6-7H2,1-2H3. The van der Waals surface area contributed by atoms with Crippen molar-refractivity contribution < 1.29 is 14.3 Å². The van der Waals surface area contributed by atoms with Crippen molar-refractivity contribution in [3.63, 3.8) is 0 Å². The predicted molar refractivity (Wildman–Crippen MR) is 98.3 cm³/mol. The van der Waals surface area contributed by atoms with Gasteiger partial charge in [0.05, 0.1) is 18.3 Å².